The highest BCUT2D eigenvalue weighted by molar-refractivity contribution is 5.38. The van der Waals surface area contributed by atoms with Crippen LogP contribution in [0.5, 0.6) is 0 Å². The van der Waals surface area contributed by atoms with Crippen LogP contribution in [0.3, 0.4) is 0 Å². The van der Waals surface area contributed by atoms with Crippen LogP contribution in [0.15, 0.2) is 12.4 Å². The van der Waals surface area contributed by atoms with Gasteiger partial charge in [0.15, 0.2) is 0 Å². The highest BCUT2D eigenvalue weighted by atomic mass is 15.2. The van der Waals surface area contributed by atoms with Gasteiger partial charge in [-0.05, 0) is 26.8 Å². The van der Waals surface area contributed by atoms with Crippen LogP contribution in [0.1, 0.15) is 19.0 Å². The number of hydrogen-bond acceptors (Lipinski definition) is 4. The van der Waals surface area contributed by atoms with E-state index in [-0.39, 0.29) is 0 Å². The lowest BCUT2D eigenvalue weighted by molar-refractivity contribution is 0.628. The van der Waals surface area contributed by atoms with E-state index in [1.54, 1.807) is 6.33 Å². The van der Waals surface area contributed by atoms with Crippen LogP contribution in [0.4, 0.5) is 5.82 Å². The molecule has 1 unspecified atom stereocenters. The van der Waals surface area contributed by atoms with Gasteiger partial charge in [-0.25, -0.2) is 9.97 Å². The monoisotopic (exact) mass is 194 g/mol. The van der Waals surface area contributed by atoms with Gasteiger partial charge in [-0.15, -0.1) is 0 Å². The molecule has 1 atom stereocenters. The summed E-state index contributed by atoms with van der Waals surface area (Å²) in [5, 5.41) is 0. The van der Waals surface area contributed by atoms with Crippen molar-refractivity contribution in [3.8, 4) is 0 Å². The van der Waals surface area contributed by atoms with E-state index >= 15 is 0 Å². The van der Waals surface area contributed by atoms with E-state index in [0.717, 1.165) is 17.9 Å². The summed E-state index contributed by atoms with van der Waals surface area (Å²) >= 11 is 0. The molecule has 78 valence electrons. The van der Waals surface area contributed by atoms with Crippen molar-refractivity contribution < 1.29 is 0 Å². The lowest BCUT2D eigenvalue weighted by Crippen LogP contribution is -2.31. The maximum atomic E-state index is 5.52. The summed E-state index contributed by atoms with van der Waals surface area (Å²) in [4.78, 5) is 10.4. The van der Waals surface area contributed by atoms with Crippen molar-refractivity contribution in [1.29, 1.82) is 0 Å². The number of hydrogen-bond donors (Lipinski definition) is 1. The molecule has 0 fully saturated rings. The largest absolute Gasteiger partial charge is 0.357 e. The zero-order valence-corrected chi connectivity index (χ0v) is 9.07. The normalized spacial score (nSPS) is 12.6. The Kier molecular flexibility index (Phi) is 3.83. The zero-order valence-electron chi connectivity index (χ0n) is 9.07. The van der Waals surface area contributed by atoms with E-state index in [1.807, 2.05) is 20.0 Å². The van der Waals surface area contributed by atoms with Crippen LogP contribution < -0.4 is 10.6 Å². The van der Waals surface area contributed by atoms with Gasteiger partial charge in [-0.1, -0.05) is 0 Å². The molecule has 0 amide bonds. The summed E-state index contributed by atoms with van der Waals surface area (Å²) in [6, 6.07) is 2.39. The second-order valence-corrected chi connectivity index (χ2v) is 3.55. The molecule has 0 aliphatic carbocycles. The Balaban J connectivity index is 2.73. The predicted molar refractivity (Wildman–Crippen MR) is 58.3 cm³/mol. The number of aryl methyl sites for hydroxylation is 1. The van der Waals surface area contributed by atoms with Gasteiger partial charge in [0.25, 0.3) is 0 Å². The third-order valence-corrected chi connectivity index (χ3v) is 2.40. The van der Waals surface area contributed by atoms with Gasteiger partial charge in [0.2, 0.25) is 0 Å². The van der Waals surface area contributed by atoms with Crippen molar-refractivity contribution in [3.05, 3.63) is 18.1 Å². The second kappa shape index (κ2) is 4.91. The van der Waals surface area contributed by atoms with Gasteiger partial charge >= 0.3 is 0 Å². The van der Waals surface area contributed by atoms with Crippen molar-refractivity contribution >= 4 is 5.82 Å². The average molecular weight is 194 g/mol. The van der Waals surface area contributed by atoms with Crippen LogP contribution in [-0.2, 0) is 0 Å². The minimum absolute atomic E-state index is 0.411. The van der Waals surface area contributed by atoms with E-state index in [9.17, 15) is 0 Å². The summed E-state index contributed by atoms with van der Waals surface area (Å²) in [7, 11) is 2.03. The molecule has 4 nitrogen and oxygen atoms in total. The molecule has 0 radical (unpaired) electrons. The molecule has 0 aromatic carbocycles. The van der Waals surface area contributed by atoms with Crippen molar-refractivity contribution in [2.45, 2.75) is 26.3 Å². The van der Waals surface area contributed by atoms with E-state index in [1.165, 1.54) is 0 Å². The van der Waals surface area contributed by atoms with Crippen molar-refractivity contribution in [3.63, 3.8) is 0 Å². The van der Waals surface area contributed by atoms with Crippen molar-refractivity contribution in [2.24, 2.45) is 5.73 Å². The van der Waals surface area contributed by atoms with E-state index in [4.69, 9.17) is 5.73 Å². The molecule has 0 aliphatic rings. The molecule has 0 saturated carbocycles. The van der Waals surface area contributed by atoms with E-state index in [0.29, 0.717) is 12.6 Å². The molecule has 0 saturated heterocycles. The SMILES string of the molecule is Cc1cc(N(C)C(C)CCN)ncn1. The third-order valence-electron chi connectivity index (χ3n) is 2.40. The maximum absolute atomic E-state index is 5.52. The number of nitrogens with two attached hydrogens (primary N) is 1. The quantitative estimate of drug-likeness (QED) is 0.775. The fraction of sp³-hybridized carbons (Fsp3) is 0.600. The first-order valence-electron chi connectivity index (χ1n) is 4.86. The smallest absolute Gasteiger partial charge is 0.132 e. The highest BCUT2D eigenvalue weighted by Crippen LogP contribution is 2.12. The van der Waals surface area contributed by atoms with Gasteiger partial charge in [-0.3, -0.25) is 0 Å². The molecule has 1 heterocycles. The number of nitrogens with zero attached hydrogens (tertiary/aromatic N) is 3. The maximum Gasteiger partial charge on any atom is 0.132 e. The lowest BCUT2D eigenvalue weighted by Gasteiger charge is -2.25. The zero-order chi connectivity index (χ0) is 10.6. The minimum Gasteiger partial charge on any atom is -0.357 e. The van der Waals surface area contributed by atoms with Crippen LogP contribution in [0, 0.1) is 6.92 Å². The fourth-order valence-corrected chi connectivity index (χ4v) is 1.29. The molecule has 1 aromatic rings. The number of rotatable bonds is 4. The summed E-state index contributed by atoms with van der Waals surface area (Å²) in [5.41, 5.74) is 6.50. The van der Waals surface area contributed by atoms with Crippen LogP contribution in [-0.4, -0.2) is 29.6 Å². The van der Waals surface area contributed by atoms with Gasteiger partial charge in [0.05, 0.1) is 0 Å². The summed E-state index contributed by atoms with van der Waals surface area (Å²) < 4.78 is 0. The predicted octanol–water partition coefficient (Wildman–Crippen LogP) is 0.959. The first-order valence-corrected chi connectivity index (χ1v) is 4.86. The summed E-state index contributed by atoms with van der Waals surface area (Å²) in [6.45, 7) is 4.81. The van der Waals surface area contributed by atoms with Crippen molar-refractivity contribution in [2.75, 3.05) is 18.5 Å². The molecule has 0 spiro atoms. The Hall–Kier alpha value is -1.16. The number of anilines is 1. The Morgan fingerprint density at radius 3 is 2.79 bits per heavy atom. The highest BCUT2D eigenvalue weighted by Gasteiger charge is 2.09. The van der Waals surface area contributed by atoms with Crippen LogP contribution in [0.2, 0.25) is 0 Å². The molecule has 4 heteroatoms. The Morgan fingerprint density at radius 2 is 2.21 bits per heavy atom. The lowest BCUT2D eigenvalue weighted by atomic mass is 10.2. The van der Waals surface area contributed by atoms with Gasteiger partial charge in [0.1, 0.15) is 12.1 Å². The first kappa shape index (κ1) is 10.9. The Bertz CT molecular complexity index is 287. The molecule has 0 aliphatic heterocycles. The molecular weight excluding hydrogens is 176 g/mol. The third kappa shape index (κ3) is 2.67. The Morgan fingerprint density at radius 1 is 1.50 bits per heavy atom. The van der Waals surface area contributed by atoms with Gasteiger partial charge in [-0.2, -0.15) is 0 Å². The number of aromatic nitrogens is 2. The van der Waals surface area contributed by atoms with Crippen LogP contribution in [0.25, 0.3) is 0 Å². The standard InChI is InChI=1S/C10H18N4/c1-8-6-10(13-7-12-8)14(3)9(2)4-5-11/h6-7,9H,4-5,11H2,1-3H3. The van der Waals surface area contributed by atoms with Gasteiger partial charge in [0, 0.05) is 24.8 Å². The summed E-state index contributed by atoms with van der Waals surface area (Å²) in [5.74, 6) is 0.957. The minimum atomic E-state index is 0.411. The first-order chi connectivity index (χ1) is 6.65. The molecular formula is C10H18N4. The molecule has 2 N–H and O–H groups in total. The molecule has 1 rings (SSSR count). The van der Waals surface area contributed by atoms with E-state index in [2.05, 4.69) is 21.8 Å². The summed E-state index contributed by atoms with van der Waals surface area (Å²) in [6.07, 6.45) is 2.57. The molecule has 0 bridgehead atoms. The topological polar surface area (TPSA) is 55.0 Å². The van der Waals surface area contributed by atoms with E-state index < -0.39 is 0 Å². The van der Waals surface area contributed by atoms with Crippen LogP contribution >= 0.6 is 0 Å². The Labute approximate surface area is 85.2 Å². The molecule has 1 aromatic heterocycles. The second-order valence-electron chi connectivity index (χ2n) is 3.55. The average Bonchev–Trinajstić information content (AvgIpc) is 2.17. The molecule has 14 heavy (non-hydrogen) atoms. The van der Waals surface area contributed by atoms with Crippen molar-refractivity contribution in [1.82, 2.24) is 9.97 Å². The fourth-order valence-electron chi connectivity index (χ4n) is 1.29. The van der Waals surface area contributed by atoms with Gasteiger partial charge < -0.3 is 10.6 Å².